The summed E-state index contributed by atoms with van der Waals surface area (Å²) in [6, 6.07) is 12.7. The lowest BCUT2D eigenvalue weighted by Gasteiger charge is -2.08. The lowest BCUT2D eigenvalue weighted by molar-refractivity contribution is -0.117. The quantitative estimate of drug-likeness (QED) is 0.590. The van der Waals surface area contributed by atoms with Crippen LogP contribution in [0.4, 0.5) is 10.8 Å². The van der Waals surface area contributed by atoms with E-state index in [0.29, 0.717) is 16.5 Å². The van der Waals surface area contributed by atoms with E-state index >= 15 is 0 Å². The Morgan fingerprint density at radius 3 is 2.39 bits per heavy atom. The minimum Gasteiger partial charge on any atom is -0.269 e. The summed E-state index contributed by atoms with van der Waals surface area (Å²) in [6.07, 6.45) is 0. The van der Waals surface area contributed by atoms with Crippen LogP contribution in [0, 0.1) is 6.92 Å². The highest BCUT2D eigenvalue weighted by Crippen LogP contribution is 2.31. The van der Waals surface area contributed by atoms with Crippen LogP contribution in [0.1, 0.15) is 12.5 Å². The Balaban J connectivity index is 1.51. The molecule has 2 aromatic carbocycles. The molecular weight excluding hydrogens is 436 g/mol. The maximum Gasteiger partial charge on any atom is 0.282 e. The highest BCUT2D eigenvalue weighted by atomic mass is 32.2. The van der Waals surface area contributed by atoms with Crippen molar-refractivity contribution in [1.29, 1.82) is 0 Å². The van der Waals surface area contributed by atoms with Gasteiger partial charge in [0.1, 0.15) is 0 Å². The van der Waals surface area contributed by atoms with E-state index in [9.17, 15) is 13.2 Å². The van der Waals surface area contributed by atoms with Crippen LogP contribution in [0.2, 0.25) is 0 Å². The Hall–Kier alpha value is -3.28. The van der Waals surface area contributed by atoms with E-state index in [1.165, 1.54) is 40.6 Å². The van der Waals surface area contributed by atoms with Crippen LogP contribution in [0.5, 0.6) is 0 Å². The van der Waals surface area contributed by atoms with Crippen LogP contribution in [-0.4, -0.2) is 31.1 Å². The second-order valence-electron chi connectivity index (χ2n) is 6.93. The second kappa shape index (κ2) is 8.10. The van der Waals surface area contributed by atoms with Gasteiger partial charge in [-0.25, -0.2) is 18.5 Å². The summed E-state index contributed by atoms with van der Waals surface area (Å²) >= 11 is 1.32. The summed E-state index contributed by atoms with van der Waals surface area (Å²) in [5.74, 6) is -0.354. The largest absolute Gasteiger partial charge is 0.282 e. The highest BCUT2D eigenvalue weighted by Gasteiger charge is 2.36. The van der Waals surface area contributed by atoms with Crippen LogP contribution < -0.4 is 10.1 Å². The molecule has 0 saturated carbocycles. The number of hydrazone groups is 1. The van der Waals surface area contributed by atoms with Crippen molar-refractivity contribution in [3.05, 3.63) is 59.5 Å². The van der Waals surface area contributed by atoms with Crippen molar-refractivity contribution < 1.29 is 13.2 Å². The standard InChI is InChI=1S/C20H18N6O3S2/c1-12-3-5-14(6-4-12)17-11-30-20(22-17)26-19(27)18(13(2)25-26)24-23-15-7-9-16(10-8-15)31(21,28)29/h3-11,18H,1-2H3,(H2,21,28,29). The number of benzene rings is 2. The summed E-state index contributed by atoms with van der Waals surface area (Å²) in [6.45, 7) is 3.71. The maximum atomic E-state index is 12.8. The van der Waals surface area contributed by atoms with Crippen LogP contribution in [0.15, 0.2) is 74.1 Å². The van der Waals surface area contributed by atoms with Gasteiger partial charge in [0.25, 0.3) is 5.91 Å². The van der Waals surface area contributed by atoms with E-state index in [-0.39, 0.29) is 10.8 Å². The fourth-order valence-electron chi connectivity index (χ4n) is 2.87. The molecule has 158 valence electrons. The number of azo groups is 1. The summed E-state index contributed by atoms with van der Waals surface area (Å²) in [5, 5.41) is 21.1. The van der Waals surface area contributed by atoms with Gasteiger partial charge >= 0.3 is 0 Å². The monoisotopic (exact) mass is 454 g/mol. The predicted octanol–water partition coefficient (Wildman–Crippen LogP) is 3.64. The number of carbonyl (C=O) groups excluding carboxylic acids is 1. The van der Waals surface area contributed by atoms with Crippen LogP contribution in [0.25, 0.3) is 11.3 Å². The van der Waals surface area contributed by atoms with Crippen molar-refractivity contribution in [2.24, 2.45) is 20.5 Å². The number of carbonyl (C=O) groups is 1. The van der Waals surface area contributed by atoms with Gasteiger partial charge < -0.3 is 0 Å². The number of amides is 1. The fourth-order valence-corrected chi connectivity index (χ4v) is 4.17. The number of primary sulfonamides is 1. The molecule has 9 nitrogen and oxygen atoms in total. The molecule has 0 spiro atoms. The molecule has 11 heteroatoms. The molecular formula is C20H18N6O3S2. The molecule has 4 rings (SSSR count). The average molecular weight is 455 g/mol. The summed E-state index contributed by atoms with van der Waals surface area (Å²) in [4.78, 5) is 17.4. The molecule has 2 heterocycles. The molecule has 0 bridgehead atoms. The molecule has 1 unspecified atom stereocenters. The first-order valence-corrected chi connectivity index (χ1v) is 11.6. The summed E-state index contributed by atoms with van der Waals surface area (Å²) in [7, 11) is -3.78. The first kappa shape index (κ1) is 21.0. The number of hydrogen-bond acceptors (Lipinski definition) is 8. The van der Waals surface area contributed by atoms with Crippen molar-refractivity contribution in [3.8, 4) is 11.3 Å². The first-order valence-electron chi connectivity index (χ1n) is 9.18. The Labute approximate surface area is 183 Å². The second-order valence-corrected chi connectivity index (χ2v) is 9.33. The van der Waals surface area contributed by atoms with Gasteiger partial charge in [-0.2, -0.15) is 20.3 Å². The SMILES string of the molecule is CC1=NN(c2nc(-c3ccc(C)cc3)cs2)C(=O)C1N=Nc1ccc(S(N)(=O)=O)cc1. The van der Waals surface area contributed by atoms with E-state index in [0.717, 1.165) is 16.8 Å². The number of anilines is 1. The van der Waals surface area contributed by atoms with Gasteiger partial charge in [-0.3, -0.25) is 4.79 Å². The number of hydrogen-bond donors (Lipinski definition) is 1. The molecule has 0 radical (unpaired) electrons. The molecule has 1 aliphatic heterocycles. The molecule has 0 fully saturated rings. The van der Waals surface area contributed by atoms with Crippen molar-refractivity contribution in [1.82, 2.24) is 4.98 Å². The zero-order chi connectivity index (χ0) is 22.2. The lowest BCUT2D eigenvalue weighted by atomic mass is 10.1. The lowest BCUT2D eigenvalue weighted by Crippen LogP contribution is -2.29. The number of sulfonamides is 1. The number of rotatable bonds is 5. The van der Waals surface area contributed by atoms with E-state index < -0.39 is 16.1 Å². The van der Waals surface area contributed by atoms with E-state index in [2.05, 4.69) is 20.3 Å². The topological polar surface area (TPSA) is 130 Å². The molecule has 1 aromatic heterocycles. The molecule has 1 amide bonds. The minimum absolute atomic E-state index is 0.0274. The van der Waals surface area contributed by atoms with Gasteiger partial charge in [-0.1, -0.05) is 29.8 Å². The minimum atomic E-state index is -3.78. The Morgan fingerprint density at radius 1 is 1.06 bits per heavy atom. The molecule has 1 aliphatic rings. The van der Waals surface area contributed by atoms with Gasteiger partial charge in [0, 0.05) is 10.9 Å². The number of nitrogens with zero attached hydrogens (tertiary/aromatic N) is 5. The molecule has 3 aromatic rings. The van der Waals surface area contributed by atoms with Gasteiger partial charge in [0.2, 0.25) is 15.2 Å². The highest BCUT2D eigenvalue weighted by molar-refractivity contribution is 7.89. The number of nitrogens with two attached hydrogens (primary N) is 1. The third-order valence-electron chi connectivity index (χ3n) is 4.57. The normalized spacial score (nSPS) is 16.9. The van der Waals surface area contributed by atoms with Gasteiger partial charge in [0.05, 0.1) is 22.0 Å². The van der Waals surface area contributed by atoms with Crippen molar-refractivity contribution in [3.63, 3.8) is 0 Å². The number of aromatic nitrogens is 1. The Bertz CT molecular complexity index is 1300. The van der Waals surface area contributed by atoms with Gasteiger partial charge in [0.15, 0.2) is 6.04 Å². The van der Waals surface area contributed by atoms with Gasteiger partial charge in [-0.15, -0.1) is 11.3 Å². The van der Waals surface area contributed by atoms with Crippen molar-refractivity contribution in [2.75, 3.05) is 5.01 Å². The summed E-state index contributed by atoms with van der Waals surface area (Å²) < 4.78 is 22.7. The van der Waals surface area contributed by atoms with E-state index in [4.69, 9.17) is 5.14 Å². The van der Waals surface area contributed by atoms with Crippen LogP contribution in [0.3, 0.4) is 0 Å². The third kappa shape index (κ3) is 4.43. The first-order chi connectivity index (χ1) is 14.7. The maximum absolute atomic E-state index is 12.8. The average Bonchev–Trinajstić information content (AvgIpc) is 3.32. The third-order valence-corrected chi connectivity index (χ3v) is 6.32. The smallest absolute Gasteiger partial charge is 0.269 e. The van der Waals surface area contributed by atoms with Crippen LogP contribution >= 0.6 is 11.3 Å². The van der Waals surface area contributed by atoms with E-state index in [1.807, 2.05) is 36.6 Å². The van der Waals surface area contributed by atoms with Crippen molar-refractivity contribution >= 4 is 43.8 Å². The number of aryl methyl sites for hydroxylation is 1. The molecule has 0 saturated heterocycles. The zero-order valence-corrected chi connectivity index (χ0v) is 18.3. The van der Waals surface area contributed by atoms with Crippen molar-refractivity contribution in [2.45, 2.75) is 24.8 Å². The van der Waals surface area contributed by atoms with Gasteiger partial charge in [-0.05, 0) is 38.1 Å². The molecule has 2 N–H and O–H groups in total. The Kier molecular flexibility index (Phi) is 5.48. The predicted molar refractivity (Wildman–Crippen MR) is 119 cm³/mol. The molecule has 1 atom stereocenters. The number of thiazole rings is 1. The molecule has 31 heavy (non-hydrogen) atoms. The summed E-state index contributed by atoms with van der Waals surface area (Å²) in [5.41, 5.74) is 3.76. The van der Waals surface area contributed by atoms with E-state index in [1.54, 1.807) is 6.92 Å². The fraction of sp³-hybridized carbons (Fsp3) is 0.150. The zero-order valence-electron chi connectivity index (χ0n) is 16.6. The van der Waals surface area contributed by atoms with Crippen LogP contribution in [-0.2, 0) is 14.8 Å². The molecule has 0 aliphatic carbocycles. The Morgan fingerprint density at radius 2 is 1.74 bits per heavy atom.